The summed E-state index contributed by atoms with van der Waals surface area (Å²) in [5.74, 6) is 1.42. The predicted molar refractivity (Wildman–Crippen MR) is 69.4 cm³/mol. The maximum Gasteiger partial charge on any atom is 0.134 e. The van der Waals surface area contributed by atoms with Crippen LogP contribution < -0.4 is 5.32 Å². The largest absolute Gasteiger partial charge is 0.374 e. The summed E-state index contributed by atoms with van der Waals surface area (Å²) in [7, 11) is 0. The molecule has 2 saturated heterocycles. The van der Waals surface area contributed by atoms with Gasteiger partial charge in [-0.1, -0.05) is 6.92 Å². The minimum atomic E-state index is 0.365. The summed E-state index contributed by atoms with van der Waals surface area (Å²) in [6, 6.07) is 2.07. The van der Waals surface area contributed by atoms with Crippen molar-refractivity contribution in [1.29, 1.82) is 0 Å². The first-order valence-electron chi connectivity index (χ1n) is 6.97. The minimum absolute atomic E-state index is 0.365. The van der Waals surface area contributed by atoms with Gasteiger partial charge in [0.05, 0.1) is 17.9 Å². The van der Waals surface area contributed by atoms with Crippen molar-refractivity contribution in [3.8, 4) is 0 Å². The topological polar surface area (TPSA) is 47.0 Å². The Balaban J connectivity index is 1.81. The number of rotatable bonds is 4. The Bertz CT molecular complexity index is 435. The van der Waals surface area contributed by atoms with Gasteiger partial charge in [0.25, 0.3) is 0 Å². The molecule has 98 valence electrons. The highest BCUT2D eigenvalue weighted by Gasteiger charge is 2.42. The molecule has 0 saturated carbocycles. The molecule has 4 nitrogen and oxygen atoms in total. The zero-order chi connectivity index (χ0) is 12.5. The average Bonchev–Trinajstić information content (AvgIpc) is 2.98. The van der Waals surface area contributed by atoms with Crippen LogP contribution in [0.25, 0.3) is 0 Å². The van der Waals surface area contributed by atoms with Crippen LogP contribution in [-0.4, -0.2) is 28.7 Å². The fourth-order valence-electron chi connectivity index (χ4n) is 3.08. The Labute approximate surface area is 108 Å². The molecule has 1 aromatic heterocycles. The molecule has 0 radical (unpaired) electrons. The molecule has 1 aromatic rings. The number of aromatic nitrogens is 2. The minimum Gasteiger partial charge on any atom is -0.374 e. The van der Waals surface area contributed by atoms with Crippen LogP contribution in [-0.2, 0) is 11.3 Å². The van der Waals surface area contributed by atoms with Crippen molar-refractivity contribution in [3.63, 3.8) is 0 Å². The van der Waals surface area contributed by atoms with E-state index in [1.807, 2.05) is 0 Å². The predicted octanol–water partition coefficient (Wildman–Crippen LogP) is 1.93. The first-order valence-corrected chi connectivity index (χ1v) is 6.97. The number of hydrogen-bond acceptors (Lipinski definition) is 4. The normalized spacial score (nSPS) is 30.0. The van der Waals surface area contributed by atoms with Crippen molar-refractivity contribution >= 4 is 0 Å². The van der Waals surface area contributed by atoms with Crippen LogP contribution >= 0.6 is 0 Å². The molecule has 0 aromatic carbocycles. The molecule has 0 aliphatic carbocycles. The number of hydrogen-bond donors (Lipinski definition) is 1. The number of nitrogens with one attached hydrogen (secondary N) is 1. The second kappa shape index (κ2) is 4.94. The Morgan fingerprint density at radius 3 is 2.94 bits per heavy atom. The zero-order valence-electron chi connectivity index (χ0n) is 11.1. The van der Waals surface area contributed by atoms with Crippen LogP contribution in [0.1, 0.15) is 49.3 Å². The van der Waals surface area contributed by atoms with E-state index in [4.69, 9.17) is 9.72 Å². The second-order valence-electron chi connectivity index (χ2n) is 5.36. The van der Waals surface area contributed by atoms with Crippen molar-refractivity contribution in [3.05, 3.63) is 23.3 Å². The molecule has 1 N–H and O–H groups in total. The Kier molecular flexibility index (Phi) is 3.31. The van der Waals surface area contributed by atoms with Gasteiger partial charge in [0.15, 0.2) is 0 Å². The highest BCUT2D eigenvalue weighted by atomic mass is 16.5. The summed E-state index contributed by atoms with van der Waals surface area (Å²) in [4.78, 5) is 9.34. The highest BCUT2D eigenvalue weighted by molar-refractivity contribution is 5.15. The van der Waals surface area contributed by atoms with Crippen molar-refractivity contribution in [2.24, 2.45) is 0 Å². The summed E-state index contributed by atoms with van der Waals surface area (Å²) in [6.07, 6.45) is 4.33. The zero-order valence-corrected chi connectivity index (χ0v) is 11.1. The van der Waals surface area contributed by atoms with E-state index < -0.39 is 0 Å². The molecule has 2 aliphatic rings. The third-order valence-electron chi connectivity index (χ3n) is 3.92. The van der Waals surface area contributed by atoms with Gasteiger partial charge in [-0.05, 0) is 38.8 Å². The van der Waals surface area contributed by atoms with Gasteiger partial charge in [-0.3, -0.25) is 0 Å². The van der Waals surface area contributed by atoms with E-state index in [1.54, 1.807) is 0 Å². The summed E-state index contributed by atoms with van der Waals surface area (Å²) >= 11 is 0. The maximum atomic E-state index is 5.90. The molecule has 0 amide bonds. The summed E-state index contributed by atoms with van der Waals surface area (Å²) in [6.45, 7) is 5.96. The van der Waals surface area contributed by atoms with E-state index in [2.05, 4.69) is 30.2 Å². The van der Waals surface area contributed by atoms with Crippen molar-refractivity contribution in [2.45, 2.75) is 57.8 Å². The Morgan fingerprint density at radius 2 is 2.28 bits per heavy atom. The van der Waals surface area contributed by atoms with E-state index in [0.717, 1.165) is 36.7 Å². The number of aryl methyl sites for hydroxylation is 1. The molecule has 3 atom stereocenters. The maximum absolute atomic E-state index is 5.90. The number of nitrogens with zero attached hydrogens (tertiary/aromatic N) is 2. The molecule has 3 heterocycles. The van der Waals surface area contributed by atoms with Crippen LogP contribution in [0.4, 0.5) is 0 Å². The van der Waals surface area contributed by atoms with Gasteiger partial charge in [0.1, 0.15) is 5.82 Å². The molecule has 0 spiro atoms. The molecule has 2 aliphatic heterocycles. The molecule has 2 bridgehead atoms. The molecule has 3 unspecified atom stereocenters. The van der Waals surface area contributed by atoms with Gasteiger partial charge in [-0.2, -0.15) is 0 Å². The highest BCUT2D eigenvalue weighted by Crippen LogP contribution is 2.43. The lowest BCUT2D eigenvalue weighted by atomic mass is 9.88. The fourth-order valence-corrected chi connectivity index (χ4v) is 3.08. The van der Waals surface area contributed by atoms with Crippen LogP contribution in [0.3, 0.4) is 0 Å². The van der Waals surface area contributed by atoms with E-state index in [9.17, 15) is 0 Å². The van der Waals surface area contributed by atoms with E-state index in [-0.39, 0.29) is 0 Å². The van der Waals surface area contributed by atoms with Crippen molar-refractivity contribution < 1.29 is 4.74 Å². The van der Waals surface area contributed by atoms with Crippen molar-refractivity contribution in [1.82, 2.24) is 15.3 Å². The molecule has 3 rings (SSSR count). The Hall–Kier alpha value is -1.00. The number of ether oxygens (including phenoxy) is 1. The third-order valence-corrected chi connectivity index (χ3v) is 3.92. The van der Waals surface area contributed by atoms with Gasteiger partial charge in [-0.25, -0.2) is 9.97 Å². The lowest BCUT2D eigenvalue weighted by Gasteiger charge is -2.18. The van der Waals surface area contributed by atoms with E-state index in [1.165, 1.54) is 12.8 Å². The lowest BCUT2D eigenvalue weighted by molar-refractivity contribution is 0.0998. The number of fused-ring (bicyclic) bond motifs is 2. The third kappa shape index (κ3) is 2.27. The standard InChI is InChI=1S/C14H21N3O/c1-3-15-8-10-6-9(2)16-14(17-10)12-7-11-4-5-13(12)18-11/h6,11-13,15H,3-5,7-8H2,1-2H3. The smallest absolute Gasteiger partial charge is 0.134 e. The van der Waals surface area contributed by atoms with Crippen LogP contribution in [0.5, 0.6) is 0 Å². The molecule has 2 fully saturated rings. The van der Waals surface area contributed by atoms with Crippen LogP contribution in [0, 0.1) is 6.92 Å². The van der Waals surface area contributed by atoms with Crippen molar-refractivity contribution in [2.75, 3.05) is 6.54 Å². The SMILES string of the molecule is CCNCc1cc(C)nc(C2CC3CCC2O3)n1. The fraction of sp³-hybridized carbons (Fsp3) is 0.714. The first-order chi connectivity index (χ1) is 8.76. The van der Waals surface area contributed by atoms with Gasteiger partial charge in [-0.15, -0.1) is 0 Å². The van der Waals surface area contributed by atoms with Gasteiger partial charge < -0.3 is 10.1 Å². The van der Waals surface area contributed by atoms with Crippen LogP contribution in [0.15, 0.2) is 6.07 Å². The average molecular weight is 247 g/mol. The lowest BCUT2D eigenvalue weighted by Crippen LogP contribution is -2.20. The Morgan fingerprint density at radius 1 is 1.39 bits per heavy atom. The second-order valence-corrected chi connectivity index (χ2v) is 5.36. The summed E-state index contributed by atoms with van der Waals surface area (Å²) in [5, 5.41) is 3.32. The van der Waals surface area contributed by atoms with Crippen LogP contribution in [0.2, 0.25) is 0 Å². The summed E-state index contributed by atoms with van der Waals surface area (Å²) < 4.78 is 5.90. The first kappa shape index (κ1) is 12.1. The van der Waals surface area contributed by atoms with Gasteiger partial charge in [0, 0.05) is 18.2 Å². The molecule has 4 heteroatoms. The van der Waals surface area contributed by atoms with Gasteiger partial charge >= 0.3 is 0 Å². The molecular weight excluding hydrogens is 226 g/mol. The quantitative estimate of drug-likeness (QED) is 0.883. The molecule has 18 heavy (non-hydrogen) atoms. The van der Waals surface area contributed by atoms with E-state index >= 15 is 0 Å². The van der Waals surface area contributed by atoms with E-state index in [0.29, 0.717) is 18.1 Å². The summed E-state index contributed by atoms with van der Waals surface area (Å²) in [5.41, 5.74) is 2.16. The van der Waals surface area contributed by atoms with Gasteiger partial charge in [0.2, 0.25) is 0 Å². The molecular formula is C14H21N3O. The monoisotopic (exact) mass is 247 g/mol.